The Bertz CT molecular complexity index is 268. The van der Waals surface area contributed by atoms with Crippen LogP contribution in [-0.4, -0.2) is 12.5 Å². The smallest absolute Gasteiger partial charge is 0.261 e. The molecule has 0 aliphatic heterocycles. The molecule has 0 fully saturated rings. The summed E-state index contributed by atoms with van der Waals surface area (Å²) in [6, 6.07) is 1.91. The van der Waals surface area contributed by atoms with E-state index >= 15 is 0 Å². The molecule has 0 unspecified atom stereocenters. The molecule has 0 bridgehead atoms. The summed E-state index contributed by atoms with van der Waals surface area (Å²) in [5, 5.41) is 4.82. The van der Waals surface area contributed by atoms with E-state index in [1.807, 2.05) is 39.1 Å². The van der Waals surface area contributed by atoms with E-state index in [1.54, 1.807) is 0 Å². The lowest BCUT2D eigenvalue weighted by Crippen LogP contribution is -2.22. The molecule has 2 nitrogen and oxygen atoms in total. The first-order valence-electron chi connectivity index (χ1n) is 5.07. The predicted octanol–water partition coefficient (Wildman–Crippen LogP) is 3.22. The molecule has 0 spiro atoms. The fourth-order valence-corrected chi connectivity index (χ4v) is 1.69. The third-order valence-electron chi connectivity index (χ3n) is 1.49. The molecule has 3 heteroatoms. The number of rotatable bonds is 3. The standard InChI is InChI=1S/C9H13NOS.C2H6/c1-3-4-10-9(11)8-5-7(2)6-12-8;1-2/h5-6H,3-4H2,1-2H3,(H,10,11);1-2H3. The molecule has 0 aliphatic rings. The summed E-state index contributed by atoms with van der Waals surface area (Å²) in [4.78, 5) is 12.1. The van der Waals surface area contributed by atoms with Crippen LogP contribution in [-0.2, 0) is 0 Å². The van der Waals surface area contributed by atoms with Crippen LogP contribution in [0.25, 0.3) is 0 Å². The Hall–Kier alpha value is -0.830. The first kappa shape index (κ1) is 13.2. The van der Waals surface area contributed by atoms with Gasteiger partial charge in [-0.05, 0) is 30.4 Å². The van der Waals surface area contributed by atoms with Gasteiger partial charge >= 0.3 is 0 Å². The topological polar surface area (TPSA) is 29.1 Å². The normalized spacial score (nSPS) is 8.86. The number of nitrogens with one attached hydrogen (secondary N) is 1. The van der Waals surface area contributed by atoms with Gasteiger partial charge in [0.2, 0.25) is 0 Å². The zero-order chi connectivity index (χ0) is 11.0. The maximum atomic E-state index is 11.3. The first-order chi connectivity index (χ1) is 6.74. The first-order valence-corrected chi connectivity index (χ1v) is 5.95. The Labute approximate surface area is 90.3 Å². The van der Waals surface area contributed by atoms with Gasteiger partial charge in [-0.1, -0.05) is 20.8 Å². The van der Waals surface area contributed by atoms with Gasteiger partial charge in [0.15, 0.2) is 0 Å². The average Bonchev–Trinajstić information content (AvgIpc) is 2.64. The van der Waals surface area contributed by atoms with E-state index in [1.165, 1.54) is 11.3 Å². The third kappa shape index (κ3) is 4.42. The second kappa shape index (κ2) is 7.56. The van der Waals surface area contributed by atoms with Crippen LogP contribution in [0.5, 0.6) is 0 Å². The lowest BCUT2D eigenvalue weighted by Gasteiger charge is -1.98. The molecule has 0 saturated heterocycles. The number of thiophene rings is 1. The number of carbonyl (C=O) groups excluding carboxylic acids is 1. The van der Waals surface area contributed by atoms with Crippen molar-refractivity contribution in [1.82, 2.24) is 5.32 Å². The van der Waals surface area contributed by atoms with Crippen LogP contribution in [0, 0.1) is 6.92 Å². The molecule has 0 aliphatic carbocycles. The summed E-state index contributed by atoms with van der Waals surface area (Å²) in [6.45, 7) is 8.79. The summed E-state index contributed by atoms with van der Waals surface area (Å²) in [5.41, 5.74) is 1.15. The molecule has 1 amide bonds. The van der Waals surface area contributed by atoms with Gasteiger partial charge in [-0.25, -0.2) is 0 Å². The fourth-order valence-electron chi connectivity index (χ4n) is 0.876. The molecule has 1 N–H and O–H groups in total. The van der Waals surface area contributed by atoms with Gasteiger partial charge in [0.25, 0.3) is 5.91 Å². The van der Waals surface area contributed by atoms with Crippen molar-refractivity contribution in [3.05, 3.63) is 21.9 Å². The van der Waals surface area contributed by atoms with Crippen molar-refractivity contribution in [1.29, 1.82) is 0 Å². The highest BCUT2D eigenvalue weighted by atomic mass is 32.1. The molecule has 1 aromatic heterocycles. The summed E-state index contributed by atoms with van der Waals surface area (Å²) in [6.07, 6.45) is 0.982. The van der Waals surface area contributed by atoms with E-state index in [2.05, 4.69) is 5.32 Å². The maximum Gasteiger partial charge on any atom is 0.261 e. The Morgan fingerprint density at radius 2 is 2.14 bits per heavy atom. The minimum absolute atomic E-state index is 0.0509. The monoisotopic (exact) mass is 213 g/mol. The third-order valence-corrected chi connectivity index (χ3v) is 2.54. The van der Waals surface area contributed by atoms with Crippen molar-refractivity contribution in [3.8, 4) is 0 Å². The molecule has 0 radical (unpaired) electrons. The van der Waals surface area contributed by atoms with Gasteiger partial charge in [-0.3, -0.25) is 4.79 Å². The van der Waals surface area contributed by atoms with Crippen LogP contribution in [0.1, 0.15) is 42.4 Å². The van der Waals surface area contributed by atoms with Gasteiger partial charge in [-0.2, -0.15) is 0 Å². The highest BCUT2D eigenvalue weighted by Crippen LogP contribution is 2.12. The molecule has 14 heavy (non-hydrogen) atoms. The lowest BCUT2D eigenvalue weighted by molar-refractivity contribution is 0.0957. The number of amides is 1. The number of carbonyl (C=O) groups is 1. The second-order valence-electron chi connectivity index (χ2n) is 2.74. The summed E-state index contributed by atoms with van der Waals surface area (Å²) in [7, 11) is 0. The zero-order valence-electron chi connectivity index (χ0n) is 9.39. The minimum Gasteiger partial charge on any atom is -0.351 e. The van der Waals surface area contributed by atoms with Crippen molar-refractivity contribution in [3.63, 3.8) is 0 Å². The molecule has 0 aromatic carbocycles. The van der Waals surface area contributed by atoms with Crippen LogP contribution in [0.2, 0.25) is 0 Å². The highest BCUT2D eigenvalue weighted by molar-refractivity contribution is 7.12. The van der Waals surface area contributed by atoms with Crippen LogP contribution in [0.15, 0.2) is 11.4 Å². The fraction of sp³-hybridized carbons (Fsp3) is 0.545. The van der Waals surface area contributed by atoms with E-state index < -0.39 is 0 Å². The van der Waals surface area contributed by atoms with Crippen LogP contribution in [0.4, 0.5) is 0 Å². The molecular weight excluding hydrogens is 194 g/mol. The van der Waals surface area contributed by atoms with Gasteiger partial charge in [-0.15, -0.1) is 11.3 Å². The highest BCUT2D eigenvalue weighted by Gasteiger charge is 2.05. The van der Waals surface area contributed by atoms with Gasteiger partial charge < -0.3 is 5.32 Å². The van der Waals surface area contributed by atoms with Crippen LogP contribution in [0.3, 0.4) is 0 Å². The number of hydrogen-bond acceptors (Lipinski definition) is 2. The Kier molecular flexibility index (Phi) is 7.11. The Balaban J connectivity index is 0.000000791. The molecular formula is C11H19NOS. The van der Waals surface area contributed by atoms with Crippen molar-refractivity contribution < 1.29 is 4.79 Å². The van der Waals surface area contributed by atoms with Crippen molar-refractivity contribution in [2.75, 3.05) is 6.54 Å². The number of aryl methyl sites for hydroxylation is 1. The SMILES string of the molecule is CC.CCCNC(=O)c1cc(C)cs1. The van der Waals surface area contributed by atoms with Gasteiger partial charge in [0.1, 0.15) is 0 Å². The Morgan fingerprint density at radius 1 is 1.50 bits per heavy atom. The average molecular weight is 213 g/mol. The van der Waals surface area contributed by atoms with Gasteiger partial charge in [0.05, 0.1) is 4.88 Å². The summed E-state index contributed by atoms with van der Waals surface area (Å²) >= 11 is 1.50. The maximum absolute atomic E-state index is 11.3. The lowest BCUT2D eigenvalue weighted by atomic mass is 10.3. The van der Waals surface area contributed by atoms with E-state index in [9.17, 15) is 4.79 Å². The van der Waals surface area contributed by atoms with E-state index in [0.717, 1.165) is 23.4 Å². The van der Waals surface area contributed by atoms with Crippen LogP contribution >= 0.6 is 11.3 Å². The van der Waals surface area contributed by atoms with E-state index in [4.69, 9.17) is 0 Å². The Morgan fingerprint density at radius 3 is 2.57 bits per heavy atom. The van der Waals surface area contributed by atoms with Crippen molar-refractivity contribution in [2.24, 2.45) is 0 Å². The molecule has 1 aromatic rings. The molecule has 1 heterocycles. The largest absolute Gasteiger partial charge is 0.351 e. The number of hydrogen-bond donors (Lipinski definition) is 1. The van der Waals surface area contributed by atoms with Gasteiger partial charge in [0, 0.05) is 6.54 Å². The second-order valence-corrected chi connectivity index (χ2v) is 3.66. The van der Waals surface area contributed by atoms with E-state index in [-0.39, 0.29) is 5.91 Å². The molecule has 0 atom stereocenters. The van der Waals surface area contributed by atoms with Crippen molar-refractivity contribution >= 4 is 17.2 Å². The quantitative estimate of drug-likeness (QED) is 0.820. The minimum atomic E-state index is 0.0509. The molecule has 0 saturated carbocycles. The summed E-state index contributed by atoms with van der Waals surface area (Å²) in [5.74, 6) is 0.0509. The summed E-state index contributed by atoms with van der Waals surface area (Å²) < 4.78 is 0. The molecule has 80 valence electrons. The zero-order valence-corrected chi connectivity index (χ0v) is 10.2. The van der Waals surface area contributed by atoms with Crippen LogP contribution < -0.4 is 5.32 Å². The van der Waals surface area contributed by atoms with Crippen molar-refractivity contribution in [2.45, 2.75) is 34.1 Å². The van der Waals surface area contributed by atoms with E-state index in [0.29, 0.717) is 0 Å². The molecule has 1 rings (SSSR count). The predicted molar refractivity (Wildman–Crippen MR) is 63.0 cm³/mol.